The molecule has 2 aliphatic heterocycles. The smallest absolute Gasteiger partial charge is 0.256 e. The summed E-state index contributed by atoms with van der Waals surface area (Å²) in [5, 5.41) is 0. The molecular weight excluding hydrogens is 392 g/mol. The van der Waals surface area contributed by atoms with E-state index in [0.717, 1.165) is 50.8 Å². The number of carbonyl (C=O) groups excluding carboxylic acids is 2. The fourth-order valence-corrected chi connectivity index (χ4v) is 5.66. The summed E-state index contributed by atoms with van der Waals surface area (Å²) >= 11 is 0. The highest BCUT2D eigenvalue weighted by atomic mass is 16.2. The number of hydrogen-bond donors (Lipinski definition) is 1. The number of carbonyl (C=O) groups is 2. The Morgan fingerprint density at radius 1 is 1.00 bits per heavy atom. The van der Waals surface area contributed by atoms with Crippen LogP contribution in [0.1, 0.15) is 93.8 Å². The number of aromatic amines is 1. The van der Waals surface area contributed by atoms with Gasteiger partial charge in [-0.15, -0.1) is 0 Å². The van der Waals surface area contributed by atoms with Crippen molar-refractivity contribution in [3.8, 4) is 0 Å². The van der Waals surface area contributed by atoms with Gasteiger partial charge in [0, 0.05) is 31.8 Å². The summed E-state index contributed by atoms with van der Waals surface area (Å²) in [6.45, 7) is 1.74. The fraction of sp³-hybridized carbons (Fsp3) is 0.750. The molecule has 1 aromatic rings. The van der Waals surface area contributed by atoms with Crippen LogP contribution in [0.25, 0.3) is 0 Å². The lowest BCUT2D eigenvalue weighted by molar-refractivity contribution is -0.136. The van der Waals surface area contributed by atoms with Crippen LogP contribution in [0.15, 0.2) is 4.79 Å². The van der Waals surface area contributed by atoms with Crippen LogP contribution in [0, 0.1) is 11.8 Å². The first-order chi connectivity index (χ1) is 15.1. The summed E-state index contributed by atoms with van der Waals surface area (Å²) in [6.07, 6.45) is 12.2. The SMILES string of the molecule is O=C(C1CC1)N1CCc2nc(C3CCCCN3C(=O)CCC3CCCC3)[nH]c(=O)c2C1. The number of aromatic nitrogens is 2. The Labute approximate surface area is 183 Å². The Bertz CT molecular complexity index is 901. The van der Waals surface area contributed by atoms with Crippen LogP contribution in [0.2, 0.25) is 0 Å². The molecule has 7 nitrogen and oxygen atoms in total. The number of nitrogens with zero attached hydrogens (tertiary/aromatic N) is 3. The van der Waals surface area contributed by atoms with Crippen molar-refractivity contribution in [3.05, 3.63) is 27.4 Å². The van der Waals surface area contributed by atoms with Crippen molar-refractivity contribution in [3.63, 3.8) is 0 Å². The van der Waals surface area contributed by atoms with E-state index in [4.69, 9.17) is 4.98 Å². The number of piperidine rings is 1. The number of hydrogen-bond acceptors (Lipinski definition) is 4. The Kier molecular flexibility index (Phi) is 5.85. The summed E-state index contributed by atoms with van der Waals surface area (Å²) in [5.41, 5.74) is 1.29. The molecule has 0 radical (unpaired) electrons. The molecule has 4 aliphatic rings. The molecule has 0 aromatic carbocycles. The maximum atomic E-state index is 13.1. The van der Waals surface area contributed by atoms with Gasteiger partial charge in [-0.25, -0.2) is 4.98 Å². The minimum absolute atomic E-state index is 0.131. The summed E-state index contributed by atoms with van der Waals surface area (Å²) in [5.74, 6) is 1.90. The second-order valence-corrected chi connectivity index (χ2v) is 9.95. The van der Waals surface area contributed by atoms with Crippen LogP contribution in [0.3, 0.4) is 0 Å². The van der Waals surface area contributed by atoms with E-state index in [1.807, 2.05) is 9.80 Å². The molecule has 1 saturated heterocycles. The van der Waals surface area contributed by atoms with Gasteiger partial charge in [0.1, 0.15) is 5.82 Å². The van der Waals surface area contributed by atoms with Crippen molar-refractivity contribution in [1.29, 1.82) is 0 Å². The largest absolute Gasteiger partial charge is 0.337 e. The van der Waals surface area contributed by atoms with E-state index in [2.05, 4.69) is 4.98 Å². The van der Waals surface area contributed by atoms with Gasteiger partial charge in [0.15, 0.2) is 0 Å². The Balaban J connectivity index is 1.31. The molecule has 1 unspecified atom stereocenters. The highest BCUT2D eigenvalue weighted by Crippen LogP contribution is 2.34. The standard InChI is InChI=1S/C24H34N4O3/c29-21(11-8-16-5-1-2-6-16)28-13-4-3-7-20(28)22-25-19-12-14-27(24(31)17-9-10-17)15-18(19)23(30)26-22/h16-17,20H,1-15H2,(H,25,26,30). The molecule has 7 heteroatoms. The predicted octanol–water partition coefficient (Wildman–Crippen LogP) is 3.09. The maximum absolute atomic E-state index is 13.1. The van der Waals surface area contributed by atoms with E-state index < -0.39 is 0 Å². The van der Waals surface area contributed by atoms with Crippen molar-refractivity contribution >= 4 is 11.8 Å². The Morgan fingerprint density at radius 2 is 1.77 bits per heavy atom. The van der Waals surface area contributed by atoms with E-state index >= 15 is 0 Å². The third-order valence-electron chi connectivity index (χ3n) is 7.71. The first kappa shape index (κ1) is 20.7. The number of amides is 2. The molecule has 2 saturated carbocycles. The first-order valence-corrected chi connectivity index (χ1v) is 12.3. The first-order valence-electron chi connectivity index (χ1n) is 12.3. The van der Waals surface area contributed by atoms with Gasteiger partial charge in [-0.05, 0) is 44.4 Å². The predicted molar refractivity (Wildman–Crippen MR) is 116 cm³/mol. The zero-order chi connectivity index (χ0) is 21.4. The average molecular weight is 427 g/mol. The zero-order valence-electron chi connectivity index (χ0n) is 18.4. The fourth-order valence-electron chi connectivity index (χ4n) is 5.66. The number of nitrogens with one attached hydrogen (secondary N) is 1. The Morgan fingerprint density at radius 3 is 2.55 bits per heavy atom. The van der Waals surface area contributed by atoms with Gasteiger partial charge >= 0.3 is 0 Å². The molecule has 1 N–H and O–H groups in total. The van der Waals surface area contributed by atoms with E-state index in [1.165, 1.54) is 25.7 Å². The normalized spacial score (nSPS) is 24.3. The maximum Gasteiger partial charge on any atom is 0.256 e. The lowest BCUT2D eigenvalue weighted by atomic mass is 9.97. The highest BCUT2D eigenvalue weighted by molar-refractivity contribution is 5.81. The van der Waals surface area contributed by atoms with Crippen molar-refractivity contribution in [2.75, 3.05) is 13.1 Å². The molecule has 2 amide bonds. The molecule has 0 bridgehead atoms. The second kappa shape index (κ2) is 8.75. The van der Waals surface area contributed by atoms with Gasteiger partial charge in [-0.2, -0.15) is 0 Å². The summed E-state index contributed by atoms with van der Waals surface area (Å²) in [7, 11) is 0. The van der Waals surface area contributed by atoms with E-state index in [9.17, 15) is 14.4 Å². The van der Waals surface area contributed by atoms with Gasteiger partial charge in [0.25, 0.3) is 5.56 Å². The Hall–Kier alpha value is -2.18. The molecular formula is C24H34N4O3. The molecule has 1 atom stereocenters. The van der Waals surface area contributed by atoms with E-state index in [-0.39, 0.29) is 29.3 Å². The molecule has 168 valence electrons. The molecule has 3 fully saturated rings. The van der Waals surface area contributed by atoms with Gasteiger partial charge in [-0.3, -0.25) is 14.4 Å². The second-order valence-electron chi connectivity index (χ2n) is 9.95. The van der Waals surface area contributed by atoms with Gasteiger partial charge in [0.05, 0.1) is 23.8 Å². The van der Waals surface area contributed by atoms with Crippen molar-refractivity contribution in [1.82, 2.24) is 19.8 Å². The summed E-state index contributed by atoms with van der Waals surface area (Å²) in [4.78, 5) is 50.0. The quantitative estimate of drug-likeness (QED) is 0.784. The van der Waals surface area contributed by atoms with Crippen LogP contribution in [-0.4, -0.2) is 44.7 Å². The number of likely N-dealkylation sites (tertiary alicyclic amines) is 1. The summed E-state index contributed by atoms with van der Waals surface area (Å²) in [6, 6.07) is -0.131. The minimum atomic E-state index is -0.141. The lowest BCUT2D eigenvalue weighted by Crippen LogP contribution is -2.43. The zero-order valence-corrected chi connectivity index (χ0v) is 18.4. The van der Waals surface area contributed by atoms with Gasteiger partial charge in [0.2, 0.25) is 11.8 Å². The van der Waals surface area contributed by atoms with Gasteiger partial charge < -0.3 is 14.8 Å². The number of rotatable bonds is 5. The van der Waals surface area contributed by atoms with Crippen molar-refractivity contribution in [2.24, 2.45) is 11.8 Å². The van der Waals surface area contributed by atoms with Crippen LogP contribution >= 0.6 is 0 Å². The van der Waals surface area contributed by atoms with Crippen molar-refractivity contribution < 1.29 is 9.59 Å². The van der Waals surface area contributed by atoms with Gasteiger partial charge in [-0.1, -0.05) is 25.7 Å². The lowest BCUT2D eigenvalue weighted by Gasteiger charge is -2.36. The molecule has 5 rings (SSSR count). The highest BCUT2D eigenvalue weighted by Gasteiger charge is 2.36. The van der Waals surface area contributed by atoms with E-state index in [1.54, 1.807) is 0 Å². The topological polar surface area (TPSA) is 86.4 Å². The third kappa shape index (κ3) is 4.41. The molecule has 1 aromatic heterocycles. The van der Waals surface area contributed by atoms with E-state index in [0.29, 0.717) is 43.2 Å². The molecule has 0 spiro atoms. The average Bonchev–Trinajstić information content (AvgIpc) is 3.52. The monoisotopic (exact) mass is 426 g/mol. The molecule has 2 aliphatic carbocycles. The van der Waals surface area contributed by atoms with Crippen LogP contribution in [0.4, 0.5) is 0 Å². The molecule has 3 heterocycles. The van der Waals surface area contributed by atoms with Crippen LogP contribution in [0.5, 0.6) is 0 Å². The summed E-state index contributed by atoms with van der Waals surface area (Å²) < 4.78 is 0. The van der Waals surface area contributed by atoms with Crippen molar-refractivity contribution in [2.45, 2.75) is 89.6 Å². The molecule has 31 heavy (non-hydrogen) atoms. The minimum Gasteiger partial charge on any atom is -0.337 e. The third-order valence-corrected chi connectivity index (χ3v) is 7.71. The number of fused-ring (bicyclic) bond motifs is 1. The number of H-pyrrole nitrogens is 1. The van der Waals surface area contributed by atoms with Crippen LogP contribution < -0.4 is 5.56 Å². The van der Waals surface area contributed by atoms with Crippen LogP contribution in [-0.2, 0) is 22.6 Å².